The molecule has 0 N–H and O–H groups in total. The summed E-state index contributed by atoms with van der Waals surface area (Å²) >= 11 is 0. The summed E-state index contributed by atoms with van der Waals surface area (Å²) in [4.78, 5) is 13.1. The van der Waals surface area contributed by atoms with E-state index < -0.39 is 5.60 Å². The van der Waals surface area contributed by atoms with Gasteiger partial charge in [-0.25, -0.2) is 0 Å². The number of rotatable bonds is 3. The lowest BCUT2D eigenvalue weighted by Gasteiger charge is -2.05. The van der Waals surface area contributed by atoms with Crippen LogP contribution in [0.2, 0.25) is 0 Å². The maximum atomic E-state index is 13.1. The fourth-order valence-corrected chi connectivity index (χ4v) is 2.90. The van der Waals surface area contributed by atoms with E-state index in [-0.39, 0.29) is 11.9 Å². The fourth-order valence-electron chi connectivity index (χ4n) is 2.90. The molecule has 3 aromatic carbocycles. The molecule has 1 saturated heterocycles. The monoisotopic (exact) mass is 324 g/mol. The standard InChI is InChI=1S/C23H16O2/c24-21(19-12-6-2-7-13-19)23(17-16-18-10-4-1-5-11-18)22(25-23)20-14-8-3-9-15-20/h1-15,22H/t22-,23-/m0/s1. The third-order valence-corrected chi connectivity index (χ3v) is 4.26. The van der Waals surface area contributed by atoms with Gasteiger partial charge < -0.3 is 4.74 Å². The Morgan fingerprint density at radius 2 is 1.36 bits per heavy atom. The van der Waals surface area contributed by atoms with Crippen LogP contribution < -0.4 is 0 Å². The van der Waals surface area contributed by atoms with Crippen molar-refractivity contribution >= 4 is 5.78 Å². The van der Waals surface area contributed by atoms with Gasteiger partial charge in [-0.2, -0.15) is 0 Å². The summed E-state index contributed by atoms with van der Waals surface area (Å²) in [6.07, 6.45) is -0.336. The molecule has 1 aliphatic rings. The molecule has 2 nitrogen and oxygen atoms in total. The summed E-state index contributed by atoms with van der Waals surface area (Å²) in [5, 5.41) is 0. The van der Waals surface area contributed by atoms with Crippen LogP contribution in [0, 0.1) is 11.8 Å². The van der Waals surface area contributed by atoms with Gasteiger partial charge in [-0.1, -0.05) is 90.7 Å². The second-order valence-electron chi connectivity index (χ2n) is 5.96. The number of carbonyl (C=O) groups is 1. The van der Waals surface area contributed by atoms with Crippen molar-refractivity contribution in [3.05, 3.63) is 108 Å². The summed E-state index contributed by atoms with van der Waals surface area (Å²) in [6, 6.07) is 28.6. The van der Waals surface area contributed by atoms with E-state index in [0.717, 1.165) is 11.1 Å². The number of ether oxygens (including phenoxy) is 1. The molecule has 0 aromatic heterocycles. The number of hydrogen-bond acceptors (Lipinski definition) is 2. The minimum atomic E-state index is -1.11. The van der Waals surface area contributed by atoms with Gasteiger partial charge >= 0.3 is 0 Å². The van der Waals surface area contributed by atoms with Crippen LogP contribution in [0.5, 0.6) is 0 Å². The molecular formula is C23H16O2. The smallest absolute Gasteiger partial charge is 0.223 e. The Kier molecular flexibility index (Phi) is 3.93. The van der Waals surface area contributed by atoms with Crippen LogP contribution in [0.3, 0.4) is 0 Å². The molecule has 2 heteroatoms. The van der Waals surface area contributed by atoms with Crippen LogP contribution >= 0.6 is 0 Å². The summed E-state index contributed by atoms with van der Waals surface area (Å²) in [6.45, 7) is 0. The van der Waals surface area contributed by atoms with E-state index in [2.05, 4.69) is 11.8 Å². The van der Waals surface area contributed by atoms with Gasteiger partial charge in [0.05, 0.1) is 0 Å². The van der Waals surface area contributed by atoms with Crippen LogP contribution in [-0.4, -0.2) is 11.4 Å². The highest BCUT2D eigenvalue weighted by molar-refractivity contribution is 6.07. The number of Topliss-reactive ketones (excluding diaryl/α,β-unsaturated/α-hetero) is 1. The van der Waals surface area contributed by atoms with Crippen molar-refractivity contribution in [3.8, 4) is 11.8 Å². The third-order valence-electron chi connectivity index (χ3n) is 4.26. The van der Waals surface area contributed by atoms with Gasteiger partial charge in [0.15, 0.2) is 0 Å². The van der Waals surface area contributed by atoms with Crippen LogP contribution in [0.1, 0.15) is 27.6 Å². The molecule has 1 aliphatic heterocycles. The minimum Gasteiger partial charge on any atom is -0.339 e. The maximum absolute atomic E-state index is 13.1. The maximum Gasteiger partial charge on any atom is 0.223 e. The molecule has 25 heavy (non-hydrogen) atoms. The molecular weight excluding hydrogens is 308 g/mol. The van der Waals surface area contributed by atoms with Crippen LogP contribution in [0.25, 0.3) is 0 Å². The quantitative estimate of drug-likeness (QED) is 0.405. The van der Waals surface area contributed by atoms with E-state index in [9.17, 15) is 4.79 Å². The Morgan fingerprint density at radius 3 is 2.00 bits per heavy atom. The predicted octanol–water partition coefficient (Wildman–Crippen LogP) is 4.43. The SMILES string of the molecule is O=C(c1ccccc1)[C@]1(C#Cc2ccccc2)O[C@H]1c1ccccc1. The molecule has 0 bridgehead atoms. The van der Waals surface area contributed by atoms with Gasteiger partial charge in [0.25, 0.3) is 0 Å². The highest BCUT2D eigenvalue weighted by Gasteiger charge is 2.62. The van der Waals surface area contributed by atoms with Gasteiger partial charge in [-0.05, 0) is 17.7 Å². The zero-order valence-electron chi connectivity index (χ0n) is 13.6. The average Bonchev–Trinajstić information content (AvgIpc) is 3.44. The molecule has 0 spiro atoms. The summed E-state index contributed by atoms with van der Waals surface area (Å²) < 4.78 is 5.91. The van der Waals surface area contributed by atoms with E-state index in [1.54, 1.807) is 12.1 Å². The second kappa shape index (κ2) is 6.39. The first-order valence-corrected chi connectivity index (χ1v) is 8.20. The van der Waals surface area contributed by atoms with Gasteiger partial charge in [0, 0.05) is 11.1 Å². The van der Waals surface area contributed by atoms with Crippen molar-refractivity contribution in [2.45, 2.75) is 11.7 Å². The zero-order valence-corrected chi connectivity index (χ0v) is 13.6. The molecule has 1 heterocycles. The minimum absolute atomic E-state index is 0.0922. The van der Waals surface area contributed by atoms with Crippen molar-refractivity contribution in [2.75, 3.05) is 0 Å². The molecule has 4 rings (SSSR count). The number of ketones is 1. The lowest BCUT2D eigenvalue weighted by Crippen LogP contribution is -2.24. The van der Waals surface area contributed by atoms with E-state index in [1.807, 2.05) is 78.9 Å². The largest absolute Gasteiger partial charge is 0.339 e. The number of epoxide rings is 1. The fraction of sp³-hybridized carbons (Fsp3) is 0.0870. The molecule has 0 amide bonds. The van der Waals surface area contributed by atoms with Crippen LogP contribution in [0.15, 0.2) is 91.0 Å². The van der Waals surface area contributed by atoms with Crippen molar-refractivity contribution in [1.29, 1.82) is 0 Å². The van der Waals surface area contributed by atoms with E-state index in [1.165, 1.54) is 0 Å². The predicted molar refractivity (Wildman–Crippen MR) is 97.1 cm³/mol. The number of carbonyl (C=O) groups excluding carboxylic acids is 1. The first-order valence-electron chi connectivity index (χ1n) is 8.20. The summed E-state index contributed by atoms with van der Waals surface area (Å²) in [5.74, 6) is 6.12. The van der Waals surface area contributed by atoms with Crippen LogP contribution in [0.4, 0.5) is 0 Å². The molecule has 1 fully saturated rings. The topological polar surface area (TPSA) is 29.6 Å². The van der Waals surface area contributed by atoms with E-state index in [4.69, 9.17) is 4.74 Å². The van der Waals surface area contributed by atoms with E-state index in [0.29, 0.717) is 5.56 Å². The Bertz CT molecular complexity index is 937. The van der Waals surface area contributed by atoms with Gasteiger partial charge in [-0.3, -0.25) is 4.79 Å². The zero-order chi connectivity index (χ0) is 17.1. The lowest BCUT2D eigenvalue weighted by atomic mass is 9.91. The first kappa shape index (κ1) is 15.4. The normalized spacial score (nSPS) is 21.0. The summed E-state index contributed by atoms with van der Waals surface area (Å²) in [5.41, 5.74) is 1.33. The molecule has 0 unspecified atom stereocenters. The van der Waals surface area contributed by atoms with Crippen molar-refractivity contribution in [2.24, 2.45) is 0 Å². The Balaban J connectivity index is 1.73. The average molecular weight is 324 g/mol. The highest BCUT2D eigenvalue weighted by Crippen LogP contribution is 2.51. The van der Waals surface area contributed by atoms with Gasteiger partial charge in [0.1, 0.15) is 6.10 Å². The molecule has 0 aliphatic carbocycles. The van der Waals surface area contributed by atoms with Gasteiger partial charge in [-0.15, -0.1) is 0 Å². The molecule has 3 aromatic rings. The Labute approximate surface area is 147 Å². The lowest BCUT2D eigenvalue weighted by molar-refractivity contribution is 0.0916. The molecule has 0 saturated carbocycles. The van der Waals surface area contributed by atoms with Crippen molar-refractivity contribution in [3.63, 3.8) is 0 Å². The molecule has 2 atom stereocenters. The highest BCUT2D eigenvalue weighted by atomic mass is 16.6. The molecule has 120 valence electrons. The van der Waals surface area contributed by atoms with E-state index >= 15 is 0 Å². The number of hydrogen-bond donors (Lipinski definition) is 0. The number of benzene rings is 3. The molecule has 0 radical (unpaired) electrons. The van der Waals surface area contributed by atoms with Crippen molar-refractivity contribution < 1.29 is 9.53 Å². The summed E-state index contributed by atoms with van der Waals surface area (Å²) in [7, 11) is 0. The second-order valence-corrected chi connectivity index (χ2v) is 5.96. The third kappa shape index (κ3) is 2.98. The Hall–Kier alpha value is -3.15. The van der Waals surface area contributed by atoms with Crippen molar-refractivity contribution in [1.82, 2.24) is 0 Å². The van der Waals surface area contributed by atoms with Crippen LogP contribution in [-0.2, 0) is 4.74 Å². The Morgan fingerprint density at radius 1 is 0.800 bits per heavy atom. The van der Waals surface area contributed by atoms with Gasteiger partial charge in [0.2, 0.25) is 11.4 Å². The first-order chi connectivity index (χ1) is 12.3.